The first-order valence-electron chi connectivity index (χ1n) is 12.6. The Labute approximate surface area is 202 Å². The van der Waals surface area contributed by atoms with Crippen molar-refractivity contribution in [3.8, 4) is 0 Å². The van der Waals surface area contributed by atoms with Crippen LogP contribution in [0.15, 0.2) is 0 Å². The summed E-state index contributed by atoms with van der Waals surface area (Å²) in [5.74, 6) is -0.436. The lowest BCUT2D eigenvalue weighted by Gasteiger charge is -2.33. The third-order valence-electron chi connectivity index (χ3n) is 7.33. The van der Waals surface area contributed by atoms with E-state index in [-0.39, 0.29) is 35.7 Å². The van der Waals surface area contributed by atoms with Gasteiger partial charge in [0, 0.05) is 13.2 Å². The second-order valence-corrected chi connectivity index (χ2v) is 11.5. The molecule has 3 fully saturated rings. The fourth-order valence-electron chi connectivity index (χ4n) is 5.38. The van der Waals surface area contributed by atoms with Crippen LogP contribution in [0.1, 0.15) is 73.1 Å². The van der Waals surface area contributed by atoms with Crippen LogP contribution in [0, 0.1) is 17.3 Å². The number of piperidine rings is 1. The van der Waals surface area contributed by atoms with Gasteiger partial charge in [0.15, 0.2) is 0 Å². The molecule has 1 aliphatic carbocycles. The van der Waals surface area contributed by atoms with E-state index in [4.69, 9.17) is 9.47 Å². The van der Waals surface area contributed by atoms with E-state index in [0.717, 1.165) is 38.4 Å². The summed E-state index contributed by atoms with van der Waals surface area (Å²) < 4.78 is 11.1. The molecule has 9 heteroatoms. The van der Waals surface area contributed by atoms with Crippen LogP contribution in [0.2, 0.25) is 0 Å². The minimum Gasteiger partial charge on any atom is -0.444 e. The lowest BCUT2D eigenvalue weighted by Crippen LogP contribution is -2.58. The first kappa shape index (κ1) is 26.4. The van der Waals surface area contributed by atoms with E-state index in [1.807, 2.05) is 0 Å². The van der Waals surface area contributed by atoms with Gasteiger partial charge in [-0.3, -0.25) is 9.59 Å². The van der Waals surface area contributed by atoms with Crippen LogP contribution >= 0.6 is 0 Å². The monoisotopic (exact) mass is 479 g/mol. The molecular weight excluding hydrogens is 438 g/mol. The summed E-state index contributed by atoms with van der Waals surface area (Å²) in [5, 5.41) is 5.54. The van der Waals surface area contributed by atoms with Gasteiger partial charge in [-0.25, -0.2) is 4.79 Å². The Balaban J connectivity index is 1.81. The number of hydrogen-bond acceptors (Lipinski definition) is 6. The number of nitrogens with zero attached hydrogens (tertiary/aromatic N) is 1. The van der Waals surface area contributed by atoms with Crippen molar-refractivity contribution in [3.05, 3.63) is 0 Å². The van der Waals surface area contributed by atoms with Gasteiger partial charge in [-0.1, -0.05) is 39.5 Å². The summed E-state index contributed by atoms with van der Waals surface area (Å²) in [7, 11) is 0. The van der Waals surface area contributed by atoms with Gasteiger partial charge in [0.25, 0.3) is 0 Å². The zero-order valence-electron chi connectivity index (χ0n) is 21.2. The van der Waals surface area contributed by atoms with E-state index < -0.39 is 29.8 Å². The standard InChI is InChI=1S/C25H41N3O6/c1-24(2,3)34-23(32)27-18-15-33-12-10-8-6-7-9-11-16(14-29)26-21(30)20-19-17(25(19,4)5)13-28(20)22(18)31/h14,16-20H,6-13,15H2,1-5H3,(H,26,30)(H,27,32)/t16-,17-,18-,19?,20-/m0/s1. The zero-order chi connectivity index (χ0) is 25.1. The van der Waals surface area contributed by atoms with E-state index >= 15 is 0 Å². The fraction of sp³-hybridized carbons (Fsp3) is 0.840. The van der Waals surface area contributed by atoms with E-state index in [1.165, 1.54) is 0 Å². The molecule has 0 aromatic heterocycles. The number of ether oxygens (including phenoxy) is 2. The molecule has 0 radical (unpaired) electrons. The maximum atomic E-state index is 13.6. The van der Waals surface area contributed by atoms with Gasteiger partial charge in [-0.2, -0.15) is 0 Å². The molecule has 0 spiro atoms. The van der Waals surface area contributed by atoms with E-state index in [1.54, 1.807) is 25.7 Å². The minimum atomic E-state index is -0.958. The van der Waals surface area contributed by atoms with E-state index in [9.17, 15) is 19.2 Å². The second-order valence-electron chi connectivity index (χ2n) is 11.5. The van der Waals surface area contributed by atoms with Crippen molar-refractivity contribution in [2.75, 3.05) is 19.8 Å². The normalized spacial score (nSPS) is 32.7. The number of aldehydes is 1. The molecule has 3 aliphatic rings. The summed E-state index contributed by atoms with van der Waals surface area (Å²) in [6.45, 7) is 10.4. The van der Waals surface area contributed by atoms with Crippen LogP contribution in [0.5, 0.6) is 0 Å². The maximum absolute atomic E-state index is 13.6. The van der Waals surface area contributed by atoms with E-state index in [2.05, 4.69) is 24.5 Å². The van der Waals surface area contributed by atoms with Crippen molar-refractivity contribution in [1.29, 1.82) is 0 Å². The third-order valence-corrected chi connectivity index (χ3v) is 7.33. The lowest BCUT2D eigenvalue weighted by atomic mass is 9.99. The van der Waals surface area contributed by atoms with Gasteiger partial charge >= 0.3 is 6.09 Å². The molecule has 5 atom stereocenters. The third kappa shape index (κ3) is 6.29. The molecule has 0 aromatic carbocycles. The van der Waals surface area contributed by atoms with Crippen molar-refractivity contribution < 1.29 is 28.7 Å². The Hall–Kier alpha value is -2.16. The Morgan fingerprint density at radius 2 is 1.85 bits per heavy atom. The Morgan fingerprint density at radius 3 is 2.53 bits per heavy atom. The molecule has 0 aromatic rings. The van der Waals surface area contributed by atoms with Crippen molar-refractivity contribution in [3.63, 3.8) is 0 Å². The number of amides is 3. The molecule has 2 N–H and O–H groups in total. The topological polar surface area (TPSA) is 114 Å². The predicted molar refractivity (Wildman–Crippen MR) is 126 cm³/mol. The summed E-state index contributed by atoms with van der Waals surface area (Å²) in [6.07, 6.45) is 5.36. The average molecular weight is 480 g/mol. The lowest BCUT2D eigenvalue weighted by molar-refractivity contribution is -0.143. The molecular formula is C25H41N3O6. The number of carbonyl (C=O) groups is 4. The number of fused-ring (bicyclic) bond motifs is 3. The first-order valence-corrected chi connectivity index (χ1v) is 12.6. The highest BCUT2D eigenvalue weighted by atomic mass is 16.6. The second kappa shape index (κ2) is 10.6. The number of hydrogen-bond donors (Lipinski definition) is 2. The van der Waals surface area contributed by atoms with Crippen LogP contribution < -0.4 is 10.6 Å². The van der Waals surface area contributed by atoms with Crippen molar-refractivity contribution in [2.24, 2.45) is 17.3 Å². The first-order chi connectivity index (χ1) is 16.0. The molecule has 3 amide bonds. The summed E-state index contributed by atoms with van der Waals surface area (Å²) >= 11 is 0. The molecule has 2 heterocycles. The van der Waals surface area contributed by atoms with Gasteiger partial charge in [0.2, 0.25) is 11.8 Å². The Kier molecular flexibility index (Phi) is 8.26. The SMILES string of the molecule is CC(C)(C)OC(=O)N[C@H]1COCCCCCCC[C@@H](C=O)NC(=O)[C@@H]2C3[C@H](CN2C1=O)C3(C)C. The molecule has 9 nitrogen and oxygen atoms in total. The number of alkyl carbamates (subject to hydrolysis) is 1. The number of rotatable bonds is 2. The molecule has 2 saturated heterocycles. The molecule has 1 saturated carbocycles. The van der Waals surface area contributed by atoms with Crippen molar-refractivity contribution in [1.82, 2.24) is 15.5 Å². The highest BCUT2D eigenvalue weighted by Gasteiger charge is 2.69. The van der Waals surface area contributed by atoms with Gasteiger partial charge in [-0.15, -0.1) is 0 Å². The quantitative estimate of drug-likeness (QED) is 0.588. The Bertz CT molecular complexity index is 777. The molecule has 1 unspecified atom stereocenters. The van der Waals surface area contributed by atoms with Crippen LogP contribution in [0.3, 0.4) is 0 Å². The molecule has 2 aliphatic heterocycles. The number of nitrogens with one attached hydrogen (secondary N) is 2. The predicted octanol–water partition coefficient (Wildman–Crippen LogP) is 2.42. The molecule has 3 rings (SSSR count). The van der Waals surface area contributed by atoms with Crippen LogP contribution in [-0.2, 0) is 23.9 Å². The highest BCUT2D eigenvalue weighted by molar-refractivity contribution is 5.93. The largest absolute Gasteiger partial charge is 0.444 e. The summed E-state index contributed by atoms with van der Waals surface area (Å²) in [4.78, 5) is 52.6. The van der Waals surface area contributed by atoms with Crippen LogP contribution in [0.4, 0.5) is 4.79 Å². The maximum Gasteiger partial charge on any atom is 0.408 e. The zero-order valence-corrected chi connectivity index (χ0v) is 21.2. The molecule has 34 heavy (non-hydrogen) atoms. The Morgan fingerprint density at radius 1 is 1.18 bits per heavy atom. The van der Waals surface area contributed by atoms with Crippen molar-refractivity contribution in [2.45, 2.75) is 96.9 Å². The van der Waals surface area contributed by atoms with Gasteiger partial charge in [0.1, 0.15) is 24.0 Å². The van der Waals surface area contributed by atoms with Crippen molar-refractivity contribution >= 4 is 24.2 Å². The highest BCUT2D eigenvalue weighted by Crippen LogP contribution is 2.64. The molecule has 192 valence electrons. The van der Waals surface area contributed by atoms with Crippen LogP contribution in [0.25, 0.3) is 0 Å². The minimum absolute atomic E-state index is 0.0125. The number of carbonyl (C=O) groups excluding carboxylic acids is 4. The summed E-state index contributed by atoms with van der Waals surface area (Å²) in [6, 6.07) is -2.19. The van der Waals surface area contributed by atoms with Crippen LogP contribution in [-0.4, -0.2) is 72.6 Å². The van der Waals surface area contributed by atoms with E-state index in [0.29, 0.717) is 19.6 Å². The molecule has 0 bridgehead atoms. The fourth-order valence-corrected chi connectivity index (χ4v) is 5.38. The van der Waals surface area contributed by atoms with Gasteiger partial charge in [0.05, 0.1) is 12.6 Å². The average Bonchev–Trinajstić information content (AvgIpc) is 3.08. The van der Waals surface area contributed by atoms with Gasteiger partial charge in [-0.05, 0) is 50.9 Å². The smallest absolute Gasteiger partial charge is 0.408 e. The summed E-state index contributed by atoms with van der Waals surface area (Å²) in [5.41, 5.74) is -0.765. The van der Waals surface area contributed by atoms with Gasteiger partial charge < -0.3 is 29.8 Å².